The van der Waals surface area contributed by atoms with Crippen molar-refractivity contribution in [2.24, 2.45) is 5.92 Å². The van der Waals surface area contributed by atoms with E-state index < -0.39 is 11.7 Å². The number of ketones is 1. The fraction of sp³-hybridized carbons (Fsp3) is 0.406. The number of aromatic nitrogens is 2. The molecule has 2 aromatic heterocycles. The van der Waals surface area contributed by atoms with Crippen LogP contribution in [-0.2, 0) is 22.5 Å². The monoisotopic (exact) mass is 510 g/mol. The molecule has 196 valence electrons. The molecule has 0 N–H and O–H groups in total. The van der Waals surface area contributed by atoms with Crippen LogP contribution >= 0.6 is 0 Å². The first-order valence-corrected chi connectivity index (χ1v) is 13.5. The van der Waals surface area contributed by atoms with E-state index in [0.29, 0.717) is 19.1 Å². The molecule has 1 atom stereocenters. The molecule has 0 spiro atoms. The minimum absolute atomic E-state index is 0.0000179. The van der Waals surface area contributed by atoms with E-state index in [0.717, 1.165) is 69.1 Å². The second-order valence-electron chi connectivity index (χ2n) is 11.8. The summed E-state index contributed by atoms with van der Waals surface area (Å²) in [7, 11) is 0. The van der Waals surface area contributed by atoms with Gasteiger partial charge in [-0.25, -0.2) is 0 Å². The fourth-order valence-electron chi connectivity index (χ4n) is 5.76. The highest BCUT2D eigenvalue weighted by Gasteiger charge is 2.32. The summed E-state index contributed by atoms with van der Waals surface area (Å²) < 4.78 is 14.3. The van der Waals surface area contributed by atoms with Crippen molar-refractivity contribution >= 4 is 27.6 Å². The standard InChI is InChI=1S/C32H34N2O4/c1-18-16-24-22(9-11-26(36)34(24)17-20-6-7-20)29(27(18)31(19(2)35)38-32(3,4)5)23-8-10-25-28-21(13-15-37-25)12-14-33-30(23)28/h8-12,14,16,20,31H,6-7,13,15,17H2,1-5H3/t31-/m1/s1. The molecule has 6 nitrogen and oxygen atoms in total. The van der Waals surface area contributed by atoms with Crippen molar-refractivity contribution in [1.82, 2.24) is 9.55 Å². The van der Waals surface area contributed by atoms with Crippen LogP contribution < -0.4 is 10.3 Å². The van der Waals surface area contributed by atoms with Crippen molar-refractivity contribution in [3.05, 3.63) is 69.6 Å². The number of carbonyl (C=O) groups excluding carboxylic acids is 1. The molecule has 38 heavy (non-hydrogen) atoms. The molecule has 1 aliphatic heterocycles. The molecule has 0 saturated heterocycles. The van der Waals surface area contributed by atoms with Gasteiger partial charge in [-0.15, -0.1) is 0 Å². The maximum Gasteiger partial charge on any atom is 0.251 e. The molecule has 2 aromatic carbocycles. The number of rotatable bonds is 6. The number of carbonyl (C=O) groups is 1. The Morgan fingerprint density at radius 3 is 2.68 bits per heavy atom. The minimum Gasteiger partial charge on any atom is -0.493 e. The first kappa shape index (κ1) is 24.8. The van der Waals surface area contributed by atoms with E-state index in [-0.39, 0.29) is 11.3 Å². The maximum absolute atomic E-state index is 13.2. The van der Waals surface area contributed by atoms with Gasteiger partial charge in [0.1, 0.15) is 11.9 Å². The van der Waals surface area contributed by atoms with Crippen LogP contribution in [0.2, 0.25) is 0 Å². The van der Waals surface area contributed by atoms with Gasteiger partial charge in [0.05, 0.1) is 23.2 Å². The highest BCUT2D eigenvalue weighted by atomic mass is 16.5. The fourth-order valence-corrected chi connectivity index (χ4v) is 5.76. The van der Waals surface area contributed by atoms with E-state index in [4.69, 9.17) is 14.5 Å². The van der Waals surface area contributed by atoms with Crippen LogP contribution in [0.5, 0.6) is 5.75 Å². The summed E-state index contributed by atoms with van der Waals surface area (Å²) >= 11 is 0. The van der Waals surface area contributed by atoms with Gasteiger partial charge in [-0.05, 0) is 106 Å². The lowest BCUT2D eigenvalue weighted by Gasteiger charge is -2.30. The van der Waals surface area contributed by atoms with Crippen LogP contribution in [0, 0.1) is 12.8 Å². The van der Waals surface area contributed by atoms with Gasteiger partial charge in [0.2, 0.25) is 0 Å². The second kappa shape index (κ2) is 9.05. The largest absolute Gasteiger partial charge is 0.493 e. The lowest BCUT2D eigenvalue weighted by molar-refractivity contribution is -0.138. The Hall–Kier alpha value is -3.51. The van der Waals surface area contributed by atoms with Crippen LogP contribution in [0.25, 0.3) is 32.9 Å². The molecule has 0 unspecified atom stereocenters. The summed E-state index contributed by atoms with van der Waals surface area (Å²) in [5.41, 5.74) is 5.96. The van der Waals surface area contributed by atoms with Gasteiger partial charge >= 0.3 is 0 Å². The highest BCUT2D eigenvalue weighted by molar-refractivity contribution is 6.08. The quantitative estimate of drug-likeness (QED) is 0.304. The zero-order valence-electron chi connectivity index (χ0n) is 22.8. The molecule has 0 bridgehead atoms. The molecular formula is C32H34N2O4. The number of hydrogen-bond acceptors (Lipinski definition) is 5. The third-order valence-electron chi connectivity index (χ3n) is 7.62. The van der Waals surface area contributed by atoms with Gasteiger partial charge in [0, 0.05) is 41.6 Å². The Kier molecular flexibility index (Phi) is 5.91. The van der Waals surface area contributed by atoms with E-state index in [9.17, 15) is 9.59 Å². The van der Waals surface area contributed by atoms with Gasteiger partial charge in [-0.1, -0.05) is 0 Å². The molecule has 1 fully saturated rings. The Balaban J connectivity index is 1.74. The van der Waals surface area contributed by atoms with E-state index in [1.54, 1.807) is 13.0 Å². The third-order valence-corrected chi connectivity index (χ3v) is 7.62. The number of aryl methyl sites for hydroxylation is 1. The first-order chi connectivity index (χ1) is 18.1. The molecule has 6 heteroatoms. The van der Waals surface area contributed by atoms with Crippen molar-refractivity contribution in [3.63, 3.8) is 0 Å². The van der Waals surface area contributed by atoms with Gasteiger partial charge in [0.25, 0.3) is 5.56 Å². The van der Waals surface area contributed by atoms with Crippen molar-refractivity contribution < 1.29 is 14.3 Å². The molecule has 0 amide bonds. The average Bonchev–Trinajstić information content (AvgIpc) is 3.68. The van der Waals surface area contributed by atoms with E-state index in [2.05, 4.69) is 12.1 Å². The highest BCUT2D eigenvalue weighted by Crippen LogP contribution is 2.45. The number of ether oxygens (including phenoxy) is 2. The SMILES string of the molecule is CC(=O)[C@@H](OC(C)(C)C)c1c(C)cc2c(ccc(=O)n2CC2CC2)c1-c1ccc2c3c(ccnc13)CCO2. The van der Waals surface area contributed by atoms with E-state index >= 15 is 0 Å². The lowest BCUT2D eigenvalue weighted by Crippen LogP contribution is -2.27. The van der Waals surface area contributed by atoms with Crippen LogP contribution in [0.1, 0.15) is 63.3 Å². The number of pyridine rings is 2. The predicted octanol–water partition coefficient (Wildman–Crippen LogP) is 6.32. The molecule has 6 rings (SSSR count). The average molecular weight is 511 g/mol. The maximum atomic E-state index is 13.2. The summed E-state index contributed by atoms with van der Waals surface area (Å²) in [6.07, 6.45) is 4.21. The van der Waals surface area contributed by atoms with E-state index in [1.165, 1.54) is 5.56 Å². The summed E-state index contributed by atoms with van der Waals surface area (Å²) in [6.45, 7) is 10.8. The van der Waals surface area contributed by atoms with Crippen LogP contribution in [0.15, 0.2) is 47.4 Å². The minimum atomic E-state index is -0.764. The zero-order valence-corrected chi connectivity index (χ0v) is 22.8. The number of nitrogens with zero attached hydrogens (tertiary/aromatic N) is 2. The molecule has 1 saturated carbocycles. The van der Waals surface area contributed by atoms with Crippen LogP contribution in [0.4, 0.5) is 0 Å². The molecule has 3 heterocycles. The summed E-state index contributed by atoms with van der Waals surface area (Å²) in [6, 6.07) is 11.7. The van der Waals surface area contributed by atoms with Crippen molar-refractivity contribution in [2.45, 2.75) is 72.1 Å². The van der Waals surface area contributed by atoms with Crippen molar-refractivity contribution in [2.75, 3.05) is 6.61 Å². The van der Waals surface area contributed by atoms with Gasteiger partial charge < -0.3 is 14.0 Å². The third kappa shape index (κ3) is 4.31. The molecule has 2 aliphatic rings. The number of benzene rings is 2. The van der Waals surface area contributed by atoms with Gasteiger partial charge in [-0.3, -0.25) is 14.6 Å². The second-order valence-corrected chi connectivity index (χ2v) is 11.8. The number of fused-ring (bicyclic) bond motifs is 1. The Morgan fingerprint density at radius 2 is 1.97 bits per heavy atom. The molecule has 4 aromatic rings. The topological polar surface area (TPSA) is 70.4 Å². The van der Waals surface area contributed by atoms with Crippen LogP contribution in [-0.4, -0.2) is 27.5 Å². The normalized spacial score (nSPS) is 16.0. The summed E-state index contributed by atoms with van der Waals surface area (Å²) in [4.78, 5) is 31.1. The Morgan fingerprint density at radius 1 is 1.18 bits per heavy atom. The zero-order chi connectivity index (χ0) is 26.8. The lowest BCUT2D eigenvalue weighted by atomic mass is 9.85. The van der Waals surface area contributed by atoms with Crippen molar-refractivity contribution in [3.8, 4) is 16.9 Å². The van der Waals surface area contributed by atoms with Gasteiger partial charge in [-0.2, -0.15) is 0 Å². The first-order valence-electron chi connectivity index (χ1n) is 13.5. The van der Waals surface area contributed by atoms with Gasteiger partial charge in [0.15, 0.2) is 5.78 Å². The molecule has 1 aliphatic carbocycles. The molecule has 0 radical (unpaired) electrons. The smallest absolute Gasteiger partial charge is 0.251 e. The Bertz CT molecular complexity index is 1650. The van der Waals surface area contributed by atoms with E-state index in [1.807, 2.05) is 56.7 Å². The predicted molar refractivity (Wildman–Crippen MR) is 150 cm³/mol. The summed E-state index contributed by atoms with van der Waals surface area (Å²) in [5, 5.41) is 1.94. The molecular weight excluding hydrogens is 476 g/mol. The Labute approximate surface area is 222 Å². The van der Waals surface area contributed by atoms with Crippen LogP contribution in [0.3, 0.4) is 0 Å². The summed E-state index contributed by atoms with van der Waals surface area (Å²) in [5.74, 6) is 1.31. The number of hydrogen-bond donors (Lipinski definition) is 0. The number of Topliss-reactive ketones (excluding diaryl/α,β-unsaturated/α-hetero) is 1. The van der Waals surface area contributed by atoms with Crippen molar-refractivity contribution in [1.29, 1.82) is 0 Å².